The van der Waals surface area contributed by atoms with Crippen LogP contribution in [0.4, 0.5) is 0 Å². The van der Waals surface area contributed by atoms with Crippen LogP contribution in [-0.4, -0.2) is 36.1 Å². The first-order valence-corrected chi connectivity index (χ1v) is 6.71. The van der Waals surface area contributed by atoms with Crippen LogP contribution < -0.4 is 5.32 Å². The summed E-state index contributed by atoms with van der Waals surface area (Å²) in [5.74, 6) is 0. The Labute approximate surface area is 112 Å². The van der Waals surface area contributed by atoms with E-state index in [0.717, 1.165) is 25.3 Å². The zero-order valence-electron chi connectivity index (χ0n) is 12.4. The molecule has 0 unspecified atom stereocenters. The van der Waals surface area contributed by atoms with Crippen molar-refractivity contribution in [3.05, 3.63) is 30.1 Å². The average Bonchev–Trinajstić information content (AvgIpc) is 2.27. The van der Waals surface area contributed by atoms with Crippen LogP contribution >= 0.6 is 0 Å². The van der Waals surface area contributed by atoms with Crippen molar-refractivity contribution in [3.8, 4) is 0 Å². The van der Waals surface area contributed by atoms with Crippen molar-refractivity contribution >= 4 is 0 Å². The highest BCUT2D eigenvalue weighted by Crippen LogP contribution is 2.16. The Kier molecular flexibility index (Phi) is 5.76. The van der Waals surface area contributed by atoms with Gasteiger partial charge in [0.05, 0.1) is 5.69 Å². The van der Waals surface area contributed by atoms with Gasteiger partial charge in [0.1, 0.15) is 0 Å². The molecule has 0 saturated carbocycles. The monoisotopic (exact) mass is 249 g/mol. The van der Waals surface area contributed by atoms with E-state index in [0.29, 0.717) is 6.04 Å². The molecule has 1 heterocycles. The van der Waals surface area contributed by atoms with E-state index in [4.69, 9.17) is 0 Å². The molecule has 0 radical (unpaired) electrons. The number of nitrogens with one attached hydrogen (secondary N) is 1. The van der Waals surface area contributed by atoms with Crippen LogP contribution in [0.25, 0.3) is 0 Å². The van der Waals surface area contributed by atoms with Gasteiger partial charge in [-0.3, -0.25) is 9.88 Å². The molecule has 1 aromatic heterocycles. The third-order valence-corrected chi connectivity index (χ3v) is 2.84. The van der Waals surface area contributed by atoms with Crippen molar-refractivity contribution in [1.82, 2.24) is 15.2 Å². The van der Waals surface area contributed by atoms with Gasteiger partial charge >= 0.3 is 0 Å². The Bertz CT molecular complexity index is 333. The number of aromatic nitrogens is 1. The number of rotatable bonds is 7. The maximum Gasteiger partial charge on any atom is 0.0543 e. The van der Waals surface area contributed by atoms with Crippen molar-refractivity contribution in [2.75, 3.05) is 20.1 Å². The van der Waals surface area contributed by atoms with Crippen LogP contribution in [0.2, 0.25) is 0 Å². The minimum Gasteiger partial charge on any atom is -0.314 e. The first-order chi connectivity index (χ1) is 8.39. The summed E-state index contributed by atoms with van der Waals surface area (Å²) in [6, 6.07) is 6.63. The highest BCUT2D eigenvalue weighted by Gasteiger charge is 2.20. The first kappa shape index (κ1) is 15.1. The summed E-state index contributed by atoms with van der Waals surface area (Å²) in [5, 5.41) is 3.51. The molecule has 0 aliphatic heterocycles. The summed E-state index contributed by atoms with van der Waals surface area (Å²) in [6.45, 7) is 12.0. The van der Waals surface area contributed by atoms with Crippen molar-refractivity contribution in [2.45, 2.75) is 40.3 Å². The fourth-order valence-corrected chi connectivity index (χ4v) is 2.09. The molecule has 0 bridgehead atoms. The second-order valence-electron chi connectivity index (χ2n) is 6.19. The predicted octanol–water partition coefficient (Wildman–Crippen LogP) is 2.54. The van der Waals surface area contributed by atoms with E-state index < -0.39 is 0 Å². The predicted molar refractivity (Wildman–Crippen MR) is 77.5 cm³/mol. The fraction of sp³-hybridized carbons (Fsp3) is 0.667. The van der Waals surface area contributed by atoms with Gasteiger partial charge in [-0.25, -0.2) is 0 Å². The molecule has 0 spiro atoms. The zero-order valence-corrected chi connectivity index (χ0v) is 12.4. The first-order valence-electron chi connectivity index (χ1n) is 6.71. The van der Waals surface area contributed by atoms with E-state index in [1.807, 2.05) is 18.3 Å². The van der Waals surface area contributed by atoms with Crippen molar-refractivity contribution in [3.63, 3.8) is 0 Å². The molecule has 1 N–H and O–H groups in total. The molecule has 3 nitrogen and oxygen atoms in total. The lowest BCUT2D eigenvalue weighted by atomic mass is 9.92. The van der Waals surface area contributed by atoms with Gasteiger partial charge in [0.15, 0.2) is 0 Å². The third kappa shape index (κ3) is 6.12. The molecule has 0 aromatic carbocycles. The van der Waals surface area contributed by atoms with Gasteiger partial charge in [0.2, 0.25) is 0 Å². The lowest BCUT2D eigenvalue weighted by molar-refractivity contribution is 0.194. The standard InChI is InChI=1S/C15H27N3/c1-13(2)17-11-15(3,4)12-18(5)10-14-8-6-7-9-16-14/h6-9,13,17H,10-12H2,1-5H3. The van der Waals surface area contributed by atoms with Gasteiger partial charge in [-0.05, 0) is 24.6 Å². The number of pyridine rings is 1. The average molecular weight is 249 g/mol. The maximum absolute atomic E-state index is 4.37. The van der Waals surface area contributed by atoms with E-state index in [1.54, 1.807) is 0 Å². The molecule has 0 saturated heterocycles. The molecule has 3 heteroatoms. The van der Waals surface area contributed by atoms with Crippen molar-refractivity contribution < 1.29 is 0 Å². The summed E-state index contributed by atoms with van der Waals surface area (Å²) in [6.07, 6.45) is 1.86. The molecule has 1 rings (SSSR count). The topological polar surface area (TPSA) is 28.2 Å². The number of hydrogen-bond donors (Lipinski definition) is 1. The van der Waals surface area contributed by atoms with Crippen LogP contribution in [0.1, 0.15) is 33.4 Å². The zero-order chi connectivity index (χ0) is 13.6. The van der Waals surface area contributed by atoms with Gasteiger partial charge < -0.3 is 5.32 Å². The molecule has 18 heavy (non-hydrogen) atoms. The minimum atomic E-state index is 0.272. The molecule has 0 aliphatic carbocycles. The van der Waals surface area contributed by atoms with Gasteiger partial charge in [-0.15, -0.1) is 0 Å². The molecule has 0 aliphatic rings. The Balaban J connectivity index is 2.41. The quantitative estimate of drug-likeness (QED) is 0.805. The summed E-state index contributed by atoms with van der Waals surface area (Å²) in [7, 11) is 2.16. The smallest absolute Gasteiger partial charge is 0.0543 e. The van der Waals surface area contributed by atoms with E-state index >= 15 is 0 Å². The third-order valence-electron chi connectivity index (χ3n) is 2.84. The Morgan fingerprint density at radius 3 is 2.61 bits per heavy atom. The fourth-order valence-electron chi connectivity index (χ4n) is 2.09. The summed E-state index contributed by atoms with van der Waals surface area (Å²) >= 11 is 0. The van der Waals surface area contributed by atoms with Gasteiger partial charge in [-0.1, -0.05) is 33.8 Å². The van der Waals surface area contributed by atoms with Gasteiger partial charge in [0.25, 0.3) is 0 Å². The molecule has 0 fully saturated rings. The van der Waals surface area contributed by atoms with Gasteiger partial charge in [0, 0.05) is 31.9 Å². The lowest BCUT2D eigenvalue weighted by Crippen LogP contribution is -2.40. The van der Waals surface area contributed by atoms with Crippen LogP contribution in [0.5, 0.6) is 0 Å². The van der Waals surface area contributed by atoms with E-state index in [2.05, 4.69) is 56.0 Å². The molecular formula is C15H27N3. The highest BCUT2D eigenvalue weighted by molar-refractivity contribution is 5.03. The van der Waals surface area contributed by atoms with Crippen molar-refractivity contribution in [2.24, 2.45) is 5.41 Å². The molecule has 1 aromatic rings. The van der Waals surface area contributed by atoms with Gasteiger partial charge in [-0.2, -0.15) is 0 Å². The van der Waals surface area contributed by atoms with E-state index in [1.165, 1.54) is 0 Å². The summed E-state index contributed by atoms with van der Waals surface area (Å²) in [4.78, 5) is 6.70. The maximum atomic E-state index is 4.37. The van der Waals surface area contributed by atoms with E-state index in [-0.39, 0.29) is 5.41 Å². The van der Waals surface area contributed by atoms with Crippen molar-refractivity contribution in [1.29, 1.82) is 0 Å². The summed E-state index contributed by atoms with van der Waals surface area (Å²) in [5.41, 5.74) is 1.40. The normalized spacial score (nSPS) is 12.4. The second kappa shape index (κ2) is 6.86. The SMILES string of the molecule is CC(C)NCC(C)(C)CN(C)Cc1ccccn1. The highest BCUT2D eigenvalue weighted by atomic mass is 15.1. The molecule has 0 amide bonds. The Morgan fingerprint density at radius 2 is 2.06 bits per heavy atom. The second-order valence-corrected chi connectivity index (χ2v) is 6.19. The van der Waals surface area contributed by atoms with E-state index in [9.17, 15) is 0 Å². The summed E-state index contributed by atoms with van der Waals surface area (Å²) < 4.78 is 0. The van der Waals surface area contributed by atoms with Crippen LogP contribution in [-0.2, 0) is 6.54 Å². The lowest BCUT2D eigenvalue weighted by Gasteiger charge is -2.31. The molecule has 102 valence electrons. The molecule has 0 atom stereocenters. The Hall–Kier alpha value is -0.930. The Morgan fingerprint density at radius 1 is 1.33 bits per heavy atom. The number of nitrogens with zero attached hydrogens (tertiary/aromatic N) is 2. The van der Waals surface area contributed by atoms with Crippen LogP contribution in [0, 0.1) is 5.41 Å². The van der Waals surface area contributed by atoms with Crippen LogP contribution in [0.15, 0.2) is 24.4 Å². The molecular weight excluding hydrogens is 222 g/mol. The number of hydrogen-bond acceptors (Lipinski definition) is 3. The largest absolute Gasteiger partial charge is 0.314 e. The van der Waals surface area contributed by atoms with Crippen LogP contribution in [0.3, 0.4) is 0 Å². The minimum absolute atomic E-state index is 0.272.